The quantitative estimate of drug-likeness (QED) is 0.256. The van der Waals surface area contributed by atoms with Crippen LogP contribution >= 0.6 is 11.8 Å². The molecule has 0 unspecified atom stereocenters. The van der Waals surface area contributed by atoms with Crippen molar-refractivity contribution in [2.24, 2.45) is 0 Å². The number of tetrazole rings is 1. The molecule has 1 aliphatic heterocycles. The molecule has 12 heteroatoms. The van der Waals surface area contributed by atoms with Gasteiger partial charge in [0.05, 0.1) is 19.2 Å². The third-order valence-corrected chi connectivity index (χ3v) is 5.83. The number of nitrogens with zero attached hydrogens (tertiary/aromatic N) is 5. The number of amides is 1. The lowest BCUT2D eigenvalue weighted by Crippen LogP contribution is -2.68. The first-order valence-corrected chi connectivity index (χ1v) is 11.5. The topological polar surface area (TPSA) is 161 Å². The SMILES string of the molecule is CSCC[C@H]([NH3+])C(=O)N(O)C[C@H]1O[C@@H](CCn2nnc(-c3ccccc3)n2)[C@H](O)[C@@H]1O. The first kappa shape index (κ1) is 23.6. The van der Waals surface area contributed by atoms with Gasteiger partial charge in [-0.3, -0.25) is 10.0 Å². The molecule has 0 aliphatic carbocycles. The predicted molar refractivity (Wildman–Crippen MR) is 112 cm³/mol. The summed E-state index contributed by atoms with van der Waals surface area (Å²) in [6.07, 6.45) is -1.21. The van der Waals surface area contributed by atoms with Gasteiger partial charge >= 0.3 is 5.91 Å². The van der Waals surface area contributed by atoms with Crippen molar-refractivity contribution in [3.05, 3.63) is 30.3 Å². The third-order valence-electron chi connectivity index (χ3n) is 5.19. The van der Waals surface area contributed by atoms with E-state index in [0.29, 0.717) is 30.3 Å². The number of aryl methyl sites for hydroxylation is 1. The van der Waals surface area contributed by atoms with Crippen LogP contribution < -0.4 is 5.73 Å². The second-order valence-corrected chi connectivity index (χ2v) is 8.44. The number of hydrogen-bond acceptors (Lipinski definition) is 9. The van der Waals surface area contributed by atoms with Gasteiger partial charge in [0.2, 0.25) is 5.82 Å². The summed E-state index contributed by atoms with van der Waals surface area (Å²) in [4.78, 5) is 13.6. The van der Waals surface area contributed by atoms with Crippen molar-refractivity contribution in [2.75, 3.05) is 18.6 Å². The molecule has 1 aromatic carbocycles. The number of quaternary nitrogens is 1. The monoisotopic (exact) mass is 453 g/mol. The number of thioether (sulfide) groups is 1. The highest BCUT2D eigenvalue weighted by atomic mass is 32.2. The fourth-order valence-corrected chi connectivity index (χ4v) is 3.87. The summed E-state index contributed by atoms with van der Waals surface area (Å²) in [7, 11) is 0. The molecule has 0 bridgehead atoms. The lowest BCUT2D eigenvalue weighted by atomic mass is 10.1. The maximum Gasteiger partial charge on any atom is 0.304 e. The highest BCUT2D eigenvalue weighted by Crippen LogP contribution is 2.25. The maximum atomic E-state index is 12.2. The molecule has 6 N–H and O–H groups in total. The molecule has 170 valence electrons. The molecule has 0 saturated carbocycles. The minimum absolute atomic E-state index is 0.251. The average Bonchev–Trinajstić information content (AvgIpc) is 3.36. The first-order valence-electron chi connectivity index (χ1n) is 10.1. The number of aromatic nitrogens is 4. The van der Waals surface area contributed by atoms with Crippen LogP contribution in [0.15, 0.2) is 30.3 Å². The highest BCUT2D eigenvalue weighted by Gasteiger charge is 2.44. The summed E-state index contributed by atoms with van der Waals surface area (Å²) in [5.74, 6) is 0.701. The number of rotatable bonds is 10. The van der Waals surface area contributed by atoms with Crippen LogP contribution in [0.2, 0.25) is 0 Å². The Morgan fingerprint density at radius 2 is 2.00 bits per heavy atom. The summed E-state index contributed by atoms with van der Waals surface area (Å²) in [6, 6.07) is 8.84. The van der Waals surface area contributed by atoms with E-state index in [0.717, 1.165) is 11.3 Å². The predicted octanol–water partition coefficient (Wildman–Crippen LogP) is -1.20. The second-order valence-electron chi connectivity index (χ2n) is 7.46. The van der Waals surface area contributed by atoms with Gasteiger partial charge in [-0.2, -0.15) is 16.6 Å². The molecule has 0 radical (unpaired) electrons. The van der Waals surface area contributed by atoms with Crippen LogP contribution in [-0.4, -0.2) is 95.6 Å². The molecule has 3 rings (SSSR count). The van der Waals surface area contributed by atoms with Crippen molar-refractivity contribution in [1.82, 2.24) is 25.3 Å². The zero-order chi connectivity index (χ0) is 22.4. The molecular weight excluding hydrogens is 424 g/mol. The summed E-state index contributed by atoms with van der Waals surface area (Å²) in [5, 5.41) is 43.6. The van der Waals surface area contributed by atoms with Crippen molar-refractivity contribution in [2.45, 2.75) is 49.8 Å². The molecule has 31 heavy (non-hydrogen) atoms. The fraction of sp³-hybridized carbons (Fsp3) is 0.579. The van der Waals surface area contributed by atoms with Gasteiger partial charge in [-0.15, -0.1) is 10.2 Å². The second kappa shape index (κ2) is 11.0. The zero-order valence-corrected chi connectivity index (χ0v) is 18.1. The minimum atomic E-state index is -1.23. The van der Waals surface area contributed by atoms with Crippen molar-refractivity contribution in [3.63, 3.8) is 0 Å². The standard InChI is InChI=1S/C19H28N6O5S/c1-31-10-8-13(20)19(28)24(29)11-15-17(27)16(26)14(30-15)7-9-25-22-18(21-23-25)12-5-3-2-4-6-12/h2-6,13-17,26-27,29H,7-11,20H2,1H3/p+1/t13-,14-,15+,16-,17+/m0/s1. The van der Waals surface area contributed by atoms with Gasteiger partial charge in [-0.25, -0.2) is 5.06 Å². The van der Waals surface area contributed by atoms with Gasteiger partial charge < -0.3 is 20.7 Å². The van der Waals surface area contributed by atoms with Crippen molar-refractivity contribution >= 4 is 17.7 Å². The molecule has 1 aromatic heterocycles. The van der Waals surface area contributed by atoms with E-state index in [1.54, 1.807) is 11.8 Å². The lowest BCUT2D eigenvalue weighted by Gasteiger charge is -2.22. The number of ether oxygens (including phenoxy) is 1. The van der Waals surface area contributed by atoms with Gasteiger partial charge in [-0.1, -0.05) is 30.3 Å². The maximum absolute atomic E-state index is 12.2. The summed E-state index contributed by atoms with van der Waals surface area (Å²) in [6.45, 7) is 0.0665. The number of carbonyl (C=O) groups excluding carboxylic acids is 1. The lowest BCUT2D eigenvalue weighted by molar-refractivity contribution is -0.409. The van der Waals surface area contributed by atoms with Crippen LogP contribution in [0.3, 0.4) is 0 Å². The number of aliphatic hydroxyl groups excluding tert-OH is 2. The van der Waals surface area contributed by atoms with Crippen LogP contribution in [0, 0.1) is 0 Å². The molecule has 11 nitrogen and oxygen atoms in total. The molecule has 2 aromatic rings. The van der Waals surface area contributed by atoms with Gasteiger partial charge in [0.1, 0.15) is 18.3 Å². The Labute approximate surface area is 184 Å². The largest absolute Gasteiger partial charge is 0.388 e. The Kier molecular flexibility index (Phi) is 8.35. The number of aliphatic hydroxyl groups is 2. The van der Waals surface area contributed by atoms with Crippen LogP contribution in [0.25, 0.3) is 11.4 Å². The molecule has 1 saturated heterocycles. The minimum Gasteiger partial charge on any atom is -0.388 e. The van der Waals surface area contributed by atoms with Crippen LogP contribution in [0.4, 0.5) is 0 Å². The number of carbonyl (C=O) groups is 1. The van der Waals surface area contributed by atoms with E-state index in [1.807, 2.05) is 36.6 Å². The Balaban J connectivity index is 1.51. The summed E-state index contributed by atoms with van der Waals surface area (Å²) < 4.78 is 5.71. The highest BCUT2D eigenvalue weighted by molar-refractivity contribution is 7.98. The van der Waals surface area contributed by atoms with E-state index in [1.165, 1.54) is 4.80 Å². The number of benzene rings is 1. The Hall–Kier alpha value is -2.09. The Morgan fingerprint density at radius 1 is 1.29 bits per heavy atom. The molecule has 0 spiro atoms. The van der Waals surface area contributed by atoms with E-state index < -0.39 is 36.4 Å². The molecule has 1 fully saturated rings. The van der Waals surface area contributed by atoms with Crippen molar-refractivity contribution < 1.29 is 30.7 Å². The van der Waals surface area contributed by atoms with E-state index >= 15 is 0 Å². The van der Waals surface area contributed by atoms with E-state index in [-0.39, 0.29) is 6.54 Å². The molecule has 1 amide bonds. The molecule has 1 aliphatic rings. The van der Waals surface area contributed by atoms with Gasteiger partial charge in [0.15, 0.2) is 6.04 Å². The third kappa shape index (κ3) is 5.99. The first-order chi connectivity index (χ1) is 14.9. The van der Waals surface area contributed by atoms with Crippen molar-refractivity contribution in [3.8, 4) is 11.4 Å². The normalized spacial score (nSPS) is 24.3. The molecule has 2 heterocycles. The van der Waals surface area contributed by atoms with Gasteiger partial charge in [-0.05, 0) is 23.6 Å². The number of hydroxylamine groups is 2. The molecule has 5 atom stereocenters. The summed E-state index contributed by atoms with van der Waals surface area (Å²) in [5.41, 5.74) is 4.61. The van der Waals surface area contributed by atoms with E-state index in [9.17, 15) is 20.2 Å². The van der Waals surface area contributed by atoms with E-state index in [2.05, 4.69) is 21.1 Å². The zero-order valence-electron chi connectivity index (χ0n) is 17.3. The van der Waals surface area contributed by atoms with Crippen LogP contribution in [0.1, 0.15) is 12.8 Å². The summed E-state index contributed by atoms with van der Waals surface area (Å²) >= 11 is 1.59. The van der Waals surface area contributed by atoms with Gasteiger partial charge in [0.25, 0.3) is 0 Å². The van der Waals surface area contributed by atoms with E-state index in [4.69, 9.17) is 4.74 Å². The fourth-order valence-electron chi connectivity index (χ4n) is 3.35. The Bertz CT molecular complexity index is 840. The van der Waals surface area contributed by atoms with Crippen LogP contribution in [-0.2, 0) is 16.1 Å². The van der Waals surface area contributed by atoms with Crippen LogP contribution in [0.5, 0.6) is 0 Å². The molecular formula is C19H29N6O5S+. The average molecular weight is 454 g/mol. The van der Waals surface area contributed by atoms with Gasteiger partial charge in [0, 0.05) is 12.0 Å². The number of hydrogen-bond donors (Lipinski definition) is 4. The smallest absolute Gasteiger partial charge is 0.304 e. The van der Waals surface area contributed by atoms with Crippen molar-refractivity contribution in [1.29, 1.82) is 0 Å². The Morgan fingerprint density at radius 3 is 2.71 bits per heavy atom.